The summed E-state index contributed by atoms with van der Waals surface area (Å²) in [6, 6.07) is 75.8. The standard InChI is InChI=1S/C52H35NO/c1-4-12-36(13-5-1)38-20-25-44(26-21-38)53(46-29-31-48-47-30-24-43(37-14-6-2-7-15-37)34-51(47)54-52(48)35-46)45-27-22-40(23-28-45)50-33-42-19-11-10-18-41(42)32-49(50)39-16-8-3-9-17-39/h1-35H. The van der Waals surface area contributed by atoms with E-state index in [0.717, 1.165) is 44.6 Å². The minimum Gasteiger partial charge on any atom is -0.456 e. The average Bonchev–Trinajstić information content (AvgIpc) is 3.62. The molecule has 0 aliphatic rings. The summed E-state index contributed by atoms with van der Waals surface area (Å²) < 4.78 is 6.59. The first kappa shape index (κ1) is 31.6. The van der Waals surface area contributed by atoms with Gasteiger partial charge in [-0.1, -0.05) is 146 Å². The lowest BCUT2D eigenvalue weighted by atomic mass is 9.91. The fourth-order valence-corrected chi connectivity index (χ4v) is 7.72. The number of nitrogens with zero attached hydrogens (tertiary/aromatic N) is 1. The van der Waals surface area contributed by atoms with Crippen molar-refractivity contribution in [3.8, 4) is 44.5 Å². The van der Waals surface area contributed by atoms with Crippen molar-refractivity contribution in [2.75, 3.05) is 4.90 Å². The van der Waals surface area contributed by atoms with Crippen LogP contribution in [0.4, 0.5) is 17.1 Å². The number of hydrogen-bond donors (Lipinski definition) is 0. The van der Waals surface area contributed by atoms with Gasteiger partial charge in [0.25, 0.3) is 0 Å². The van der Waals surface area contributed by atoms with E-state index in [2.05, 4.69) is 211 Å². The zero-order chi connectivity index (χ0) is 35.8. The molecular formula is C52H35NO. The summed E-state index contributed by atoms with van der Waals surface area (Å²) in [7, 11) is 0. The predicted octanol–water partition coefficient (Wildman–Crippen LogP) is 14.9. The van der Waals surface area contributed by atoms with E-state index in [0.29, 0.717) is 0 Å². The van der Waals surface area contributed by atoms with Gasteiger partial charge in [0.1, 0.15) is 11.2 Å². The third kappa shape index (κ3) is 5.81. The van der Waals surface area contributed by atoms with E-state index < -0.39 is 0 Å². The van der Waals surface area contributed by atoms with Crippen molar-refractivity contribution < 1.29 is 4.42 Å². The number of fused-ring (bicyclic) bond motifs is 4. The van der Waals surface area contributed by atoms with Gasteiger partial charge in [0, 0.05) is 33.9 Å². The first-order valence-electron chi connectivity index (χ1n) is 18.4. The molecule has 0 unspecified atom stereocenters. The Labute approximate surface area is 314 Å². The van der Waals surface area contributed by atoms with Crippen molar-refractivity contribution in [2.45, 2.75) is 0 Å². The van der Waals surface area contributed by atoms with Gasteiger partial charge in [0.15, 0.2) is 0 Å². The van der Waals surface area contributed by atoms with Crippen LogP contribution >= 0.6 is 0 Å². The zero-order valence-corrected chi connectivity index (χ0v) is 29.6. The molecule has 54 heavy (non-hydrogen) atoms. The topological polar surface area (TPSA) is 16.4 Å². The molecule has 1 aromatic heterocycles. The molecule has 0 saturated carbocycles. The molecule has 0 fully saturated rings. The van der Waals surface area contributed by atoms with Crippen LogP contribution in [-0.2, 0) is 0 Å². The quantitative estimate of drug-likeness (QED) is 0.166. The van der Waals surface area contributed by atoms with Crippen molar-refractivity contribution in [3.63, 3.8) is 0 Å². The van der Waals surface area contributed by atoms with E-state index >= 15 is 0 Å². The largest absolute Gasteiger partial charge is 0.456 e. The van der Waals surface area contributed by atoms with E-state index in [1.54, 1.807) is 0 Å². The summed E-state index contributed by atoms with van der Waals surface area (Å²) in [6.07, 6.45) is 0. The molecule has 10 aromatic rings. The predicted molar refractivity (Wildman–Crippen MR) is 228 cm³/mol. The maximum atomic E-state index is 6.59. The molecule has 0 amide bonds. The maximum Gasteiger partial charge on any atom is 0.137 e. The Morgan fingerprint density at radius 1 is 0.278 bits per heavy atom. The van der Waals surface area contributed by atoms with Gasteiger partial charge >= 0.3 is 0 Å². The highest BCUT2D eigenvalue weighted by atomic mass is 16.3. The van der Waals surface area contributed by atoms with Crippen LogP contribution < -0.4 is 4.90 Å². The molecule has 0 spiro atoms. The first-order chi connectivity index (χ1) is 26.7. The lowest BCUT2D eigenvalue weighted by Gasteiger charge is -2.26. The highest BCUT2D eigenvalue weighted by molar-refractivity contribution is 6.07. The Bertz CT molecular complexity index is 2890. The van der Waals surface area contributed by atoms with Gasteiger partial charge in [-0.3, -0.25) is 0 Å². The fourth-order valence-electron chi connectivity index (χ4n) is 7.72. The molecule has 0 aliphatic heterocycles. The molecule has 2 nitrogen and oxygen atoms in total. The van der Waals surface area contributed by atoms with Crippen molar-refractivity contribution >= 4 is 49.8 Å². The smallest absolute Gasteiger partial charge is 0.137 e. The van der Waals surface area contributed by atoms with Crippen LogP contribution in [-0.4, -0.2) is 0 Å². The Kier molecular flexibility index (Phi) is 7.85. The van der Waals surface area contributed by atoms with Gasteiger partial charge in [0.05, 0.1) is 0 Å². The molecule has 1 heterocycles. The Morgan fingerprint density at radius 2 is 0.667 bits per heavy atom. The lowest BCUT2D eigenvalue weighted by molar-refractivity contribution is 0.669. The third-order valence-corrected chi connectivity index (χ3v) is 10.5. The zero-order valence-electron chi connectivity index (χ0n) is 29.6. The number of rotatable bonds is 7. The van der Waals surface area contributed by atoms with Crippen LogP contribution in [0.1, 0.15) is 0 Å². The van der Waals surface area contributed by atoms with Crippen LogP contribution in [0.5, 0.6) is 0 Å². The Morgan fingerprint density at radius 3 is 1.24 bits per heavy atom. The van der Waals surface area contributed by atoms with Crippen LogP contribution in [0.15, 0.2) is 217 Å². The average molecular weight is 690 g/mol. The van der Waals surface area contributed by atoms with Crippen molar-refractivity contribution in [3.05, 3.63) is 212 Å². The van der Waals surface area contributed by atoms with Gasteiger partial charge in [-0.2, -0.15) is 0 Å². The molecule has 10 rings (SSSR count). The molecule has 0 radical (unpaired) electrons. The SMILES string of the molecule is c1ccc(-c2ccc(N(c3ccc(-c4cc5ccccc5cc4-c4ccccc4)cc3)c3ccc4c(c3)oc3cc(-c5ccccc5)ccc34)cc2)cc1. The summed E-state index contributed by atoms with van der Waals surface area (Å²) in [5.41, 5.74) is 14.4. The molecule has 0 atom stereocenters. The van der Waals surface area contributed by atoms with E-state index in [1.807, 2.05) is 6.07 Å². The van der Waals surface area contributed by atoms with E-state index in [1.165, 1.54) is 49.7 Å². The second-order valence-electron chi connectivity index (χ2n) is 13.8. The normalized spacial score (nSPS) is 11.3. The monoisotopic (exact) mass is 689 g/mol. The molecule has 9 aromatic carbocycles. The third-order valence-electron chi connectivity index (χ3n) is 10.5. The molecule has 0 bridgehead atoms. The van der Waals surface area contributed by atoms with Gasteiger partial charge in [0.2, 0.25) is 0 Å². The Hall–Kier alpha value is -7.16. The summed E-state index contributed by atoms with van der Waals surface area (Å²) >= 11 is 0. The van der Waals surface area contributed by atoms with Crippen molar-refractivity contribution in [1.82, 2.24) is 0 Å². The molecule has 254 valence electrons. The fraction of sp³-hybridized carbons (Fsp3) is 0. The van der Waals surface area contributed by atoms with Gasteiger partial charge in [-0.15, -0.1) is 0 Å². The van der Waals surface area contributed by atoms with Crippen LogP contribution in [0, 0.1) is 0 Å². The first-order valence-corrected chi connectivity index (χ1v) is 18.4. The van der Waals surface area contributed by atoms with Crippen LogP contribution in [0.3, 0.4) is 0 Å². The van der Waals surface area contributed by atoms with E-state index in [-0.39, 0.29) is 0 Å². The second-order valence-corrected chi connectivity index (χ2v) is 13.8. The van der Waals surface area contributed by atoms with Crippen LogP contribution in [0.25, 0.3) is 77.2 Å². The summed E-state index contributed by atoms with van der Waals surface area (Å²) in [5, 5.41) is 4.68. The van der Waals surface area contributed by atoms with Gasteiger partial charge < -0.3 is 9.32 Å². The van der Waals surface area contributed by atoms with E-state index in [4.69, 9.17) is 4.42 Å². The molecular weight excluding hydrogens is 655 g/mol. The summed E-state index contributed by atoms with van der Waals surface area (Å²) in [6.45, 7) is 0. The van der Waals surface area contributed by atoms with Crippen LogP contribution in [0.2, 0.25) is 0 Å². The van der Waals surface area contributed by atoms with E-state index in [9.17, 15) is 0 Å². The summed E-state index contributed by atoms with van der Waals surface area (Å²) in [5.74, 6) is 0. The second kappa shape index (κ2) is 13.4. The maximum absolute atomic E-state index is 6.59. The molecule has 2 heteroatoms. The minimum absolute atomic E-state index is 0.860. The summed E-state index contributed by atoms with van der Waals surface area (Å²) in [4.78, 5) is 2.32. The van der Waals surface area contributed by atoms with Gasteiger partial charge in [-0.05, 0) is 116 Å². The van der Waals surface area contributed by atoms with Crippen molar-refractivity contribution in [1.29, 1.82) is 0 Å². The van der Waals surface area contributed by atoms with Crippen molar-refractivity contribution in [2.24, 2.45) is 0 Å². The number of hydrogen-bond acceptors (Lipinski definition) is 2. The molecule has 0 aliphatic carbocycles. The molecule has 0 saturated heterocycles. The highest BCUT2D eigenvalue weighted by Crippen LogP contribution is 2.42. The lowest BCUT2D eigenvalue weighted by Crippen LogP contribution is -2.09. The molecule has 0 N–H and O–H groups in total. The number of furan rings is 1. The van der Waals surface area contributed by atoms with Gasteiger partial charge in [-0.25, -0.2) is 0 Å². The number of benzene rings is 9. The Balaban J connectivity index is 1.08. The number of anilines is 3. The minimum atomic E-state index is 0.860. The highest BCUT2D eigenvalue weighted by Gasteiger charge is 2.17.